The van der Waals surface area contributed by atoms with E-state index in [2.05, 4.69) is 253 Å². The number of furan rings is 1. The molecular formula is C61H43N3O. The molecule has 308 valence electrons. The van der Waals surface area contributed by atoms with Crippen molar-refractivity contribution in [1.82, 2.24) is 4.57 Å². The molecule has 1 aliphatic carbocycles. The van der Waals surface area contributed by atoms with Gasteiger partial charge in [0.05, 0.1) is 16.7 Å². The highest BCUT2D eigenvalue weighted by Crippen LogP contribution is 2.52. The molecule has 0 aliphatic heterocycles. The zero-order valence-corrected chi connectivity index (χ0v) is 36.1. The fourth-order valence-electron chi connectivity index (χ4n) is 10.7. The number of anilines is 6. The standard InChI is InChI=1S/C61H43N3O/c1-61(2)54-28-13-11-25-48(54)49-35-32-45(38-55(49)61)62(46-33-36-51-50-26-12-14-29-56(50)64(58(51)39-46)42-20-7-4-8-21-42)43-22-15-23-44(37-43)63(41-18-5-3-6-19-41)57-30-16-27-52-53-34-31-40-17-9-10-24-47(40)59(53)65-60(52)57/h3-39H,1-2H3. The van der Waals surface area contributed by atoms with Crippen LogP contribution in [-0.2, 0) is 5.41 Å². The summed E-state index contributed by atoms with van der Waals surface area (Å²) in [5, 5.41) is 6.92. The van der Waals surface area contributed by atoms with Crippen LogP contribution in [0.1, 0.15) is 25.0 Å². The normalized spacial score (nSPS) is 12.9. The second-order valence-corrected chi connectivity index (χ2v) is 17.7. The molecule has 4 heteroatoms. The van der Waals surface area contributed by atoms with E-state index >= 15 is 0 Å². The van der Waals surface area contributed by atoms with Crippen molar-refractivity contribution in [2.75, 3.05) is 9.80 Å². The lowest BCUT2D eigenvalue weighted by Gasteiger charge is -2.30. The van der Waals surface area contributed by atoms with E-state index in [1.54, 1.807) is 0 Å². The highest BCUT2D eigenvalue weighted by atomic mass is 16.3. The lowest BCUT2D eigenvalue weighted by molar-refractivity contribution is 0.660. The van der Waals surface area contributed by atoms with Crippen LogP contribution in [0.2, 0.25) is 0 Å². The summed E-state index contributed by atoms with van der Waals surface area (Å²) in [7, 11) is 0. The maximum atomic E-state index is 6.99. The molecule has 12 aromatic rings. The van der Waals surface area contributed by atoms with Gasteiger partial charge in [0.25, 0.3) is 0 Å². The monoisotopic (exact) mass is 833 g/mol. The van der Waals surface area contributed by atoms with E-state index in [1.807, 2.05) is 0 Å². The molecule has 0 saturated carbocycles. The van der Waals surface area contributed by atoms with Gasteiger partial charge < -0.3 is 18.8 Å². The number of rotatable bonds is 7. The fraction of sp³-hybridized carbons (Fsp3) is 0.0492. The Morgan fingerprint density at radius 2 is 0.954 bits per heavy atom. The van der Waals surface area contributed by atoms with E-state index in [0.29, 0.717) is 0 Å². The summed E-state index contributed by atoms with van der Waals surface area (Å²) in [6.07, 6.45) is 0. The van der Waals surface area contributed by atoms with Gasteiger partial charge in [-0.15, -0.1) is 0 Å². The minimum atomic E-state index is -0.167. The first kappa shape index (κ1) is 37.2. The Kier molecular flexibility index (Phi) is 8.22. The van der Waals surface area contributed by atoms with Gasteiger partial charge in [0.2, 0.25) is 0 Å². The number of fused-ring (bicyclic) bond motifs is 11. The van der Waals surface area contributed by atoms with Crippen LogP contribution in [0.25, 0.3) is 71.3 Å². The number of benzene rings is 10. The van der Waals surface area contributed by atoms with E-state index < -0.39 is 0 Å². The van der Waals surface area contributed by atoms with Gasteiger partial charge in [0.1, 0.15) is 5.58 Å². The quantitative estimate of drug-likeness (QED) is 0.160. The van der Waals surface area contributed by atoms with Crippen molar-refractivity contribution in [2.45, 2.75) is 19.3 Å². The SMILES string of the molecule is CC1(C)c2ccccc2-c2ccc(N(c3cccc(N(c4ccccc4)c4cccc5c4oc4c6ccccc6ccc54)c3)c3ccc4c5ccccc5n(-c5ccccc5)c4c3)cc21. The van der Waals surface area contributed by atoms with Gasteiger partial charge in [-0.2, -0.15) is 0 Å². The molecule has 2 aromatic heterocycles. The minimum absolute atomic E-state index is 0.167. The predicted molar refractivity (Wildman–Crippen MR) is 272 cm³/mol. The van der Waals surface area contributed by atoms with E-state index in [4.69, 9.17) is 4.42 Å². The van der Waals surface area contributed by atoms with Crippen molar-refractivity contribution in [1.29, 1.82) is 0 Å². The van der Waals surface area contributed by atoms with E-state index in [0.717, 1.165) is 78.0 Å². The first-order chi connectivity index (χ1) is 32.0. The highest BCUT2D eigenvalue weighted by molar-refractivity contribution is 6.17. The Hall–Kier alpha value is -8.34. The average Bonchev–Trinajstić information content (AvgIpc) is 3.98. The number of aromatic nitrogens is 1. The van der Waals surface area contributed by atoms with Crippen molar-refractivity contribution in [2.24, 2.45) is 0 Å². The van der Waals surface area contributed by atoms with Gasteiger partial charge in [-0.1, -0.05) is 153 Å². The molecular weight excluding hydrogens is 791 g/mol. The lowest BCUT2D eigenvalue weighted by atomic mass is 9.82. The molecule has 0 unspecified atom stereocenters. The predicted octanol–water partition coefficient (Wildman–Crippen LogP) is 17.1. The number of hydrogen-bond acceptors (Lipinski definition) is 3. The van der Waals surface area contributed by atoms with E-state index in [9.17, 15) is 0 Å². The Labute approximate surface area is 377 Å². The molecule has 0 spiro atoms. The van der Waals surface area contributed by atoms with Crippen LogP contribution in [-0.4, -0.2) is 4.57 Å². The molecule has 0 saturated heterocycles. The van der Waals surface area contributed by atoms with Crippen molar-refractivity contribution in [3.8, 4) is 16.8 Å². The summed E-state index contributed by atoms with van der Waals surface area (Å²) in [6.45, 7) is 4.71. The van der Waals surface area contributed by atoms with Crippen molar-refractivity contribution < 1.29 is 4.42 Å². The van der Waals surface area contributed by atoms with Crippen LogP contribution in [0.15, 0.2) is 229 Å². The summed E-state index contributed by atoms with van der Waals surface area (Å²) in [4.78, 5) is 4.78. The molecule has 0 N–H and O–H groups in total. The molecule has 2 heterocycles. The largest absolute Gasteiger partial charge is 0.453 e. The molecule has 0 bridgehead atoms. The van der Waals surface area contributed by atoms with Crippen molar-refractivity contribution >= 4 is 88.6 Å². The first-order valence-electron chi connectivity index (χ1n) is 22.4. The first-order valence-corrected chi connectivity index (χ1v) is 22.4. The fourth-order valence-corrected chi connectivity index (χ4v) is 10.7. The Bertz CT molecular complexity index is 3820. The topological polar surface area (TPSA) is 24.6 Å². The maximum Gasteiger partial charge on any atom is 0.159 e. The third-order valence-corrected chi connectivity index (χ3v) is 13.7. The zero-order valence-electron chi connectivity index (χ0n) is 36.1. The summed E-state index contributed by atoms with van der Waals surface area (Å²) in [6, 6.07) is 81.4. The third kappa shape index (κ3) is 5.70. The molecule has 1 aliphatic rings. The van der Waals surface area contributed by atoms with Gasteiger partial charge in [-0.25, -0.2) is 0 Å². The zero-order chi connectivity index (χ0) is 43.2. The number of hydrogen-bond donors (Lipinski definition) is 0. The highest BCUT2D eigenvalue weighted by Gasteiger charge is 2.36. The molecule has 0 fully saturated rings. The Morgan fingerprint density at radius 3 is 1.82 bits per heavy atom. The summed E-state index contributed by atoms with van der Waals surface area (Å²) in [5.74, 6) is 0. The number of nitrogens with zero attached hydrogens (tertiary/aromatic N) is 3. The number of para-hydroxylation sites is 4. The van der Waals surface area contributed by atoms with Crippen LogP contribution in [0, 0.1) is 0 Å². The smallest absolute Gasteiger partial charge is 0.159 e. The lowest BCUT2D eigenvalue weighted by Crippen LogP contribution is -2.17. The van der Waals surface area contributed by atoms with Crippen molar-refractivity contribution in [3.63, 3.8) is 0 Å². The summed E-state index contributed by atoms with van der Waals surface area (Å²) < 4.78 is 9.39. The van der Waals surface area contributed by atoms with Crippen LogP contribution in [0.4, 0.5) is 34.1 Å². The second kappa shape index (κ2) is 14.3. The van der Waals surface area contributed by atoms with Crippen LogP contribution < -0.4 is 9.80 Å². The van der Waals surface area contributed by atoms with Crippen LogP contribution in [0.3, 0.4) is 0 Å². The van der Waals surface area contributed by atoms with Gasteiger partial charge >= 0.3 is 0 Å². The Morgan fingerprint density at radius 1 is 0.369 bits per heavy atom. The Balaban J connectivity index is 1.04. The molecule has 0 atom stereocenters. The van der Waals surface area contributed by atoms with Crippen LogP contribution in [0.5, 0.6) is 0 Å². The molecule has 4 nitrogen and oxygen atoms in total. The van der Waals surface area contributed by atoms with Gasteiger partial charge in [-0.05, 0) is 113 Å². The van der Waals surface area contributed by atoms with E-state index in [-0.39, 0.29) is 5.41 Å². The molecule has 0 radical (unpaired) electrons. The van der Waals surface area contributed by atoms with Gasteiger partial charge in [0, 0.05) is 66.5 Å². The average molecular weight is 834 g/mol. The van der Waals surface area contributed by atoms with Crippen molar-refractivity contribution in [3.05, 3.63) is 236 Å². The summed E-state index contributed by atoms with van der Waals surface area (Å²) >= 11 is 0. The second-order valence-electron chi connectivity index (χ2n) is 17.7. The van der Waals surface area contributed by atoms with E-state index in [1.165, 1.54) is 38.5 Å². The maximum absolute atomic E-state index is 6.99. The minimum Gasteiger partial charge on any atom is -0.453 e. The summed E-state index contributed by atoms with van der Waals surface area (Å²) in [5.41, 5.74) is 16.6. The third-order valence-electron chi connectivity index (χ3n) is 13.7. The molecule has 0 amide bonds. The van der Waals surface area contributed by atoms with Crippen LogP contribution >= 0.6 is 0 Å². The van der Waals surface area contributed by atoms with Gasteiger partial charge in [0.15, 0.2) is 5.58 Å². The van der Waals surface area contributed by atoms with Gasteiger partial charge in [-0.3, -0.25) is 0 Å². The molecule has 10 aromatic carbocycles. The molecule has 13 rings (SSSR count). The molecule has 65 heavy (non-hydrogen) atoms.